The summed E-state index contributed by atoms with van der Waals surface area (Å²) in [6, 6.07) is 5.52. The molecule has 0 heterocycles. The third kappa shape index (κ3) is 4.17. The molecule has 6 nitrogen and oxygen atoms in total. The number of non-ortho nitro benzene ring substituents is 1. The zero-order valence-corrected chi connectivity index (χ0v) is 11.4. The highest BCUT2D eigenvalue weighted by Gasteiger charge is 2.15. The zero-order chi connectivity index (χ0) is 14.6. The Morgan fingerprint density at radius 3 is 2.53 bits per heavy atom. The van der Waals surface area contributed by atoms with Crippen LogP contribution in [0, 0.1) is 15.5 Å². The number of hydrazone groups is 1. The zero-order valence-electron chi connectivity index (χ0n) is 11.4. The predicted molar refractivity (Wildman–Crippen MR) is 73.1 cm³/mol. The summed E-state index contributed by atoms with van der Waals surface area (Å²) in [6.45, 7) is 7.75. The molecule has 0 aliphatic rings. The average molecular weight is 263 g/mol. The van der Waals surface area contributed by atoms with Crippen molar-refractivity contribution in [3.8, 4) is 0 Å². The van der Waals surface area contributed by atoms with Crippen LogP contribution in [0.5, 0.6) is 0 Å². The molecule has 6 heteroatoms. The molecule has 0 bridgehead atoms. The van der Waals surface area contributed by atoms with Crippen LogP contribution in [0.15, 0.2) is 29.4 Å². The molecule has 19 heavy (non-hydrogen) atoms. The molecule has 0 saturated heterocycles. The summed E-state index contributed by atoms with van der Waals surface area (Å²) in [4.78, 5) is 21.9. The van der Waals surface area contributed by atoms with E-state index in [1.165, 1.54) is 24.3 Å². The maximum Gasteiger partial charge on any atom is 0.271 e. The van der Waals surface area contributed by atoms with Gasteiger partial charge in [0.1, 0.15) is 0 Å². The van der Waals surface area contributed by atoms with E-state index >= 15 is 0 Å². The number of nitrogens with zero attached hydrogens (tertiary/aromatic N) is 2. The smallest absolute Gasteiger partial charge is 0.267 e. The molecule has 0 unspecified atom stereocenters. The summed E-state index contributed by atoms with van der Waals surface area (Å²) in [6.07, 6.45) is 0. The van der Waals surface area contributed by atoms with Gasteiger partial charge in [-0.1, -0.05) is 26.8 Å². The minimum Gasteiger partial charge on any atom is -0.267 e. The van der Waals surface area contributed by atoms with Crippen LogP contribution < -0.4 is 5.43 Å². The summed E-state index contributed by atoms with van der Waals surface area (Å²) >= 11 is 0. The van der Waals surface area contributed by atoms with E-state index in [0.717, 1.165) is 5.71 Å². The van der Waals surface area contributed by atoms with Crippen molar-refractivity contribution in [3.63, 3.8) is 0 Å². The Labute approximate surface area is 111 Å². The van der Waals surface area contributed by atoms with Gasteiger partial charge in [-0.25, -0.2) is 5.43 Å². The van der Waals surface area contributed by atoms with Crippen molar-refractivity contribution in [2.45, 2.75) is 27.7 Å². The normalized spacial score (nSPS) is 12.1. The molecule has 1 aromatic carbocycles. The molecule has 1 rings (SSSR count). The highest BCUT2D eigenvalue weighted by atomic mass is 16.6. The van der Waals surface area contributed by atoms with E-state index in [9.17, 15) is 14.9 Å². The van der Waals surface area contributed by atoms with Crippen LogP contribution in [0.25, 0.3) is 0 Å². The number of nitro benzene ring substituents is 1. The minimum atomic E-state index is -0.541. The Morgan fingerprint density at radius 1 is 1.37 bits per heavy atom. The van der Waals surface area contributed by atoms with Gasteiger partial charge in [0.15, 0.2) is 0 Å². The average Bonchev–Trinajstić information content (AvgIpc) is 2.34. The van der Waals surface area contributed by atoms with Gasteiger partial charge in [-0.3, -0.25) is 14.9 Å². The van der Waals surface area contributed by atoms with E-state index in [2.05, 4.69) is 10.5 Å². The van der Waals surface area contributed by atoms with Crippen molar-refractivity contribution in [1.82, 2.24) is 5.43 Å². The molecular weight excluding hydrogens is 246 g/mol. The minimum absolute atomic E-state index is 0.121. The summed E-state index contributed by atoms with van der Waals surface area (Å²) in [7, 11) is 0. The first-order chi connectivity index (χ1) is 8.71. The SMILES string of the molecule is C/C(=N\NC(=O)c1cccc([N+](=O)[O-])c1)C(C)(C)C. The highest BCUT2D eigenvalue weighted by Crippen LogP contribution is 2.15. The van der Waals surface area contributed by atoms with E-state index < -0.39 is 10.8 Å². The molecule has 0 aliphatic carbocycles. The molecule has 0 saturated carbocycles. The quantitative estimate of drug-likeness (QED) is 0.517. The largest absolute Gasteiger partial charge is 0.271 e. The van der Waals surface area contributed by atoms with Crippen molar-refractivity contribution in [2.75, 3.05) is 0 Å². The number of nitrogens with one attached hydrogen (secondary N) is 1. The number of nitro groups is 1. The lowest BCUT2D eigenvalue weighted by Crippen LogP contribution is -2.24. The predicted octanol–water partition coefficient (Wildman–Crippen LogP) is 2.75. The first kappa shape index (κ1) is 14.8. The molecule has 0 aromatic heterocycles. The van der Waals surface area contributed by atoms with Crippen LogP contribution in [-0.2, 0) is 0 Å². The van der Waals surface area contributed by atoms with Crippen LogP contribution in [0.3, 0.4) is 0 Å². The fourth-order valence-electron chi connectivity index (χ4n) is 1.13. The van der Waals surface area contributed by atoms with Crippen LogP contribution >= 0.6 is 0 Å². The fraction of sp³-hybridized carbons (Fsp3) is 0.385. The van der Waals surface area contributed by atoms with Gasteiger partial charge in [-0.2, -0.15) is 5.10 Å². The number of hydrogen-bond donors (Lipinski definition) is 1. The Balaban J connectivity index is 2.85. The lowest BCUT2D eigenvalue weighted by molar-refractivity contribution is -0.384. The molecule has 1 aromatic rings. The number of carbonyl (C=O) groups excluding carboxylic acids is 1. The van der Waals surface area contributed by atoms with Crippen molar-refractivity contribution in [2.24, 2.45) is 10.5 Å². The summed E-state index contributed by atoms with van der Waals surface area (Å²) in [5.41, 5.74) is 3.11. The molecule has 0 aliphatic heterocycles. The van der Waals surface area contributed by atoms with Gasteiger partial charge in [0.05, 0.1) is 4.92 Å². The van der Waals surface area contributed by atoms with Crippen LogP contribution in [0.4, 0.5) is 5.69 Å². The number of carbonyl (C=O) groups is 1. The van der Waals surface area contributed by atoms with E-state index in [0.29, 0.717) is 0 Å². The van der Waals surface area contributed by atoms with Crippen LogP contribution in [0.2, 0.25) is 0 Å². The first-order valence-electron chi connectivity index (χ1n) is 5.81. The fourth-order valence-corrected chi connectivity index (χ4v) is 1.13. The van der Waals surface area contributed by atoms with Gasteiger partial charge >= 0.3 is 0 Å². The van der Waals surface area contributed by atoms with Gasteiger partial charge in [0, 0.05) is 28.8 Å². The van der Waals surface area contributed by atoms with Gasteiger partial charge in [-0.05, 0) is 13.0 Å². The lowest BCUT2D eigenvalue weighted by atomic mass is 9.91. The number of hydrogen-bond acceptors (Lipinski definition) is 4. The van der Waals surface area contributed by atoms with E-state index in [4.69, 9.17) is 0 Å². The summed E-state index contributed by atoms with van der Waals surface area (Å²) in [5.74, 6) is -0.465. The van der Waals surface area contributed by atoms with E-state index in [1.807, 2.05) is 27.7 Å². The van der Waals surface area contributed by atoms with Crippen molar-refractivity contribution < 1.29 is 9.72 Å². The molecule has 0 fully saturated rings. The van der Waals surface area contributed by atoms with Crippen molar-refractivity contribution >= 4 is 17.3 Å². The monoisotopic (exact) mass is 263 g/mol. The second kappa shape index (κ2) is 5.60. The first-order valence-corrected chi connectivity index (χ1v) is 5.81. The second-order valence-electron chi connectivity index (χ2n) is 5.20. The Kier molecular flexibility index (Phi) is 4.37. The van der Waals surface area contributed by atoms with E-state index in [-0.39, 0.29) is 16.7 Å². The maximum atomic E-state index is 11.8. The lowest BCUT2D eigenvalue weighted by Gasteiger charge is -2.17. The van der Waals surface area contributed by atoms with Gasteiger partial charge in [0.25, 0.3) is 11.6 Å². The molecule has 1 N–H and O–H groups in total. The van der Waals surface area contributed by atoms with Gasteiger partial charge in [-0.15, -0.1) is 0 Å². The molecular formula is C13H17N3O3. The van der Waals surface area contributed by atoms with Crippen molar-refractivity contribution in [3.05, 3.63) is 39.9 Å². The Morgan fingerprint density at radius 2 is 2.00 bits per heavy atom. The van der Waals surface area contributed by atoms with Crippen LogP contribution in [-0.4, -0.2) is 16.5 Å². The van der Waals surface area contributed by atoms with Gasteiger partial charge in [0.2, 0.25) is 0 Å². The highest BCUT2D eigenvalue weighted by molar-refractivity contribution is 5.96. The molecule has 102 valence electrons. The number of amides is 1. The molecule has 0 radical (unpaired) electrons. The van der Waals surface area contributed by atoms with Crippen LogP contribution in [0.1, 0.15) is 38.1 Å². The number of benzene rings is 1. The Bertz CT molecular complexity index is 530. The topological polar surface area (TPSA) is 84.6 Å². The van der Waals surface area contributed by atoms with E-state index in [1.54, 1.807) is 0 Å². The number of rotatable bonds is 3. The standard InChI is InChI=1S/C13H17N3O3/c1-9(13(2,3)4)14-15-12(17)10-6-5-7-11(8-10)16(18)19/h5-8H,1-4H3,(H,15,17)/b14-9+. The Hall–Kier alpha value is -2.24. The molecule has 1 amide bonds. The van der Waals surface area contributed by atoms with Gasteiger partial charge < -0.3 is 0 Å². The van der Waals surface area contributed by atoms with Crippen molar-refractivity contribution in [1.29, 1.82) is 0 Å². The third-order valence-electron chi connectivity index (χ3n) is 2.73. The second-order valence-corrected chi connectivity index (χ2v) is 5.20. The summed E-state index contributed by atoms with van der Waals surface area (Å²) in [5, 5.41) is 14.6. The molecule has 0 spiro atoms. The maximum absolute atomic E-state index is 11.8. The summed E-state index contributed by atoms with van der Waals surface area (Å²) < 4.78 is 0. The molecule has 0 atom stereocenters. The third-order valence-corrected chi connectivity index (χ3v) is 2.73.